The number of aromatic amines is 1. The van der Waals surface area contributed by atoms with Crippen LogP contribution in [0.2, 0.25) is 0 Å². The SMILES string of the molecule is CCOC(=O)c1cnn2c(=O)cc(-c3ccc(C4CCCCC4)cc3)[nH]c12. The normalized spacial score (nSPS) is 15.1. The number of rotatable bonds is 4. The number of hydrogen-bond donors (Lipinski definition) is 1. The Morgan fingerprint density at radius 3 is 2.67 bits per heavy atom. The van der Waals surface area contributed by atoms with Gasteiger partial charge in [0.1, 0.15) is 5.56 Å². The van der Waals surface area contributed by atoms with Crippen molar-refractivity contribution in [3.05, 3.63) is 58.0 Å². The van der Waals surface area contributed by atoms with Crippen LogP contribution in [-0.4, -0.2) is 27.2 Å². The highest BCUT2D eigenvalue weighted by atomic mass is 16.5. The first-order valence-corrected chi connectivity index (χ1v) is 9.56. The van der Waals surface area contributed by atoms with E-state index >= 15 is 0 Å². The average molecular weight is 365 g/mol. The summed E-state index contributed by atoms with van der Waals surface area (Å²) in [7, 11) is 0. The minimum absolute atomic E-state index is 0.259. The number of fused-ring (bicyclic) bond motifs is 1. The first-order chi connectivity index (χ1) is 13.2. The van der Waals surface area contributed by atoms with E-state index in [1.54, 1.807) is 6.92 Å². The Hall–Kier alpha value is -2.89. The third-order valence-corrected chi connectivity index (χ3v) is 5.29. The summed E-state index contributed by atoms with van der Waals surface area (Å²) in [5, 5.41) is 4.00. The maximum atomic E-state index is 12.4. The summed E-state index contributed by atoms with van der Waals surface area (Å²) in [6, 6.07) is 9.87. The number of aromatic nitrogens is 3. The van der Waals surface area contributed by atoms with Gasteiger partial charge >= 0.3 is 5.97 Å². The molecule has 27 heavy (non-hydrogen) atoms. The third kappa shape index (κ3) is 3.39. The zero-order valence-electron chi connectivity index (χ0n) is 15.4. The van der Waals surface area contributed by atoms with Crippen molar-refractivity contribution in [3.8, 4) is 11.3 Å². The second kappa shape index (κ2) is 7.39. The van der Waals surface area contributed by atoms with Gasteiger partial charge in [-0.3, -0.25) is 4.79 Å². The highest BCUT2D eigenvalue weighted by Crippen LogP contribution is 2.33. The molecule has 0 amide bonds. The summed E-state index contributed by atoms with van der Waals surface area (Å²) >= 11 is 0. The molecule has 0 radical (unpaired) electrons. The van der Waals surface area contributed by atoms with Crippen LogP contribution in [0.3, 0.4) is 0 Å². The highest BCUT2D eigenvalue weighted by Gasteiger charge is 2.18. The molecule has 0 atom stereocenters. The van der Waals surface area contributed by atoms with Crippen molar-refractivity contribution >= 4 is 11.6 Å². The molecule has 4 rings (SSSR count). The number of nitrogens with one attached hydrogen (secondary N) is 1. The number of ether oxygens (including phenoxy) is 1. The molecule has 0 aliphatic heterocycles. The molecule has 1 fully saturated rings. The minimum Gasteiger partial charge on any atom is -0.462 e. The van der Waals surface area contributed by atoms with Crippen LogP contribution < -0.4 is 5.56 Å². The molecule has 6 nitrogen and oxygen atoms in total. The maximum Gasteiger partial charge on any atom is 0.343 e. The van der Waals surface area contributed by atoms with Gasteiger partial charge in [0.15, 0.2) is 5.65 Å². The van der Waals surface area contributed by atoms with Crippen LogP contribution in [0.1, 0.15) is 60.9 Å². The number of esters is 1. The van der Waals surface area contributed by atoms with Crippen molar-refractivity contribution in [1.82, 2.24) is 14.6 Å². The van der Waals surface area contributed by atoms with Crippen molar-refractivity contribution in [2.24, 2.45) is 0 Å². The Morgan fingerprint density at radius 2 is 1.96 bits per heavy atom. The predicted octanol–water partition coefficient (Wildman–Crippen LogP) is 3.91. The van der Waals surface area contributed by atoms with Gasteiger partial charge in [0.2, 0.25) is 0 Å². The summed E-state index contributed by atoms with van der Waals surface area (Å²) in [6.07, 6.45) is 7.80. The van der Waals surface area contributed by atoms with Crippen LogP contribution in [0, 0.1) is 0 Å². The molecule has 0 bridgehead atoms. The highest BCUT2D eigenvalue weighted by molar-refractivity contribution is 5.95. The van der Waals surface area contributed by atoms with Crippen LogP contribution in [0.15, 0.2) is 41.3 Å². The summed E-state index contributed by atoms with van der Waals surface area (Å²) < 4.78 is 6.24. The second-order valence-electron chi connectivity index (χ2n) is 7.02. The maximum absolute atomic E-state index is 12.4. The van der Waals surface area contributed by atoms with Crippen molar-refractivity contribution in [2.75, 3.05) is 6.61 Å². The molecule has 1 aliphatic carbocycles. The van der Waals surface area contributed by atoms with E-state index in [0.29, 0.717) is 17.3 Å². The Morgan fingerprint density at radius 1 is 1.22 bits per heavy atom. The number of carbonyl (C=O) groups is 1. The fourth-order valence-electron chi connectivity index (χ4n) is 3.87. The van der Waals surface area contributed by atoms with Gasteiger partial charge in [-0.05, 0) is 36.8 Å². The van der Waals surface area contributed by atoms with Gasteiger partial charge < -0.3 is 9.72 Å². The molecule has 2 heterocycles. The standard InChI is InChI=1S/C21H23N3O3/c1-2-27-21(26)17-13-22-24-19(25)12-18(23-20(17)24)16-10-8-15(9-11-16)14-6-4-3-5-7-14/h8-14,23H,2-7H2,1H3. The summed E-state index contributed by atoms with van der Waals surface area (Å²) in [6.45, 7) is 2.01. The summed E-state index contributed by atoms with van der Waals surface area (Å²) in [5.41, 5.74) is 3.25. The van der Waals surface area contributed by atoms with E-state index in [1.165, 1.54) is 54.4 Å². The number of hydrogen-bond acceptors (Lipinski definition) is 4. The van der Waals surface area contributed by atoms with Crippen molar-refractivity contribution in [3.63, 3.8) is 0 Å². The van der Waals surface area contributed by atoms with Crippen LogP contribution >= 0.6 is 0 Å². The topological polar surface area (TPSA) is 76.5 Å². The van der Waals surface area contributed by atoms with Crippen LogP contribution in [-0.2, 0) is 4.74 Å². The first kappa shape index (κ1) is 17.5. The molecule has 1 aromatic carbocycles. The smallest absolute Gasteiger partial charge is 0.343 e. The lowest BCUT2D eigenvalue weighted by Gasteiger charge is -2.22. The molecular formula is C21H23N3O3. The largest absolute Gasteiger partial charge is 0.462 e. The third-order valence-electron chi connectivity index (χ3n) is 5.29. The lowest BCUT2D eigenvalue weighted by atomic mass is 9.84. The Labute approximate surface area is 157 Å². The Balaban J connectivity index is 1.69. The molecule has 1 saturated carbocycles. The molecule has 0 unspecified atom stereocenters. The molecule has 1 N–H and O–H groups in total. The fraction of sp³-hybridized carbons (Fsp3) is 0.381. The van der Waals surface area contributed by atoms with Gasteiger partial charge in [0, 0.05) is 6.07 Å². The zero-order valence-corrected chi connectivity index (χ0v) is 15.4. The predicted molar refractivity (Wildman–Crippen MR) is 103 cm³/mol. The fourth-order valence-corrected chi connectivity index (χ4v) is 3.87. The molecule has 6 heteroatoms. The van der Waals surface area contributed by atoms with Gasteiger partial charge in [0.05, 0.1) is 18.5 Å². The lowest BCUT2D eigenvalue weighted by molar-refractivity contribution is 0.0528. The molecule has 1 aliphatic rings. The van der Waals surface area contributed by atoms with E-state index in [1.807, 2.05) is 12.1 Å². The van der Waals surface area contributed by atoms with Gasteiger partial charge in [-0.1, -0.05) is 43.5 Å². The van der Waals surface area contributed by atoms with E-state index in [2.05, 4.69) is 22.2 Å². The van der Waals surface area contributed by atoms with Gasteiger partial charge in [-0.25, -0.2) is 4.79 Å². The quantitative estimate of drug-likeness (QED) is 0.711. The average Bonchev–Trinajstić information content (AvgIpc) is 3.14. The zero-order chi connectivity index (χ0) is 18.8. The van der Waals surface area contributed by atoms with E-state index in [4.69, 9.17) is 4.74 Å². The van der Waals surface area contributed by atoms with E-state index in [0.717, 1.165) is 5.56 Å². The molecule has 140 valence electrons. The first-order valence-electron chi connectivity index (χ1n) is 9.56. The second-order valence-corrected chi connectivity index (χ2v) is 7.02. The number of benzene rings is 1. The van der Waals surface area contributed by atoms with Crippen molar-refractivity contribution in [2.45, 2.75) is 44.9 Å². The summed E-state index contributed by atoms with van der Waals surface area (Å²) in [5.74, 6) is 0.146. The molecular weight excluding hydrogens is 342 g/mol. The van der Waals surface area contributed by atoms with Crippen LogP contribution in [0.25, 0.3) is 16.9 Å². The van der Waals surface area contributed by atoms with E-state index in [9.17, 15) is 9.59 Å². The van der Waals surface area contributed by atoms with E-state index in [-0.39, 0.29) is 17.7 Å². The van der Waals surface area contributed by atoms with Crippen LogP contribution in [0.5, 0.6) is 0 Å². The Kier molecular flexibility index (Phi) is 4.79. The van der Waals surface area contributed by atoms with Crippen molar-refractivity contribution < 1.29 is 9.53 Å². The summed E-state index contributed by atoms with van der Waals surface area (Å²) in [4.78, 5) is 27.7. The molecule has 0 saturated heterocycles. The van der Waals surface area contributed by atoms with E-state index < -0.39 is 5.97 Å². The van der Waals surface area contributed by atoms with Crippen molar-refractivity contribution in [1.29, 1.82) is 0 Å². The van der Waals surface area contributed by atoms with Gasteiger partial charge in [-0.15, -0.1) is 0 Å². The molecule has 0 spiro atoms. The lowest BCUT2D eigenvalue weighted by Crippen LogP contribution is -2.15. The number of nitrogens with zero attached hydrogens (tertiary/aromatic N) is 2. The van der Waals surface area contributed by atoms with Crippen LogP contribution in [0.4, 0.5) is 0 Å². The Bertz CT molecular complexity index is 1010. The van der Waals surface area contributed by atoms with Gasteiger partial charge in [-0.2, -0.15) is 9.61 Å². The van der Waals surface area contributed by atoms with Gasteiger partial charge in [0.25, 0.3) is 5.56 Å². The molecule has 3 aromatic rings. The minimum atomic E-state index is -0.493. The monoisotopic (exact) mass is 365 g/mol. The molecule has 2 aromatic heterocycles. The number of H-pyrrole nitrogens is 1. The number of carbonyl (C=O) groups excluding carboxylic acids is 1.